The average Bonchev–Trinajstić information content (AvgIpc) is 3.00. The van der Waals surface area contributed by atoms with Crippen LogP contribution in [0.25, 0.3) is 28.4 Å². The fourth-order valence-corrected chi connectivity index (χ4v) is 4.52. The number of rotatable bonds is 7. The zero-order chi connectivity index (χ0) is 32.6. The molecule has 5 rings (SSSR count). The van der Waals surface area contributed by atoms with Crippen LogP contribution in [0, 0.1) is 0 Å². The maximum atomic E-state index is 12.7. The summed E-state index contributed by atoms with van der Waals surface area (Å²) in [5.74, 6) is -5.87. The van der Waals surface area contributed by atoms with Gasteiger partial charge < -0.3 is 64.6 Å². The number of aliphatic hydroxyl groups excluding tert-OH is 3. The van der Waals surface area contributed by atoms with Crippen molar-refractivity contribution in [3.8, 4) is 51.6 Å². The first-order valence-corrected chi connectivity index (χ1v) is 13.1. The van der Waals surface area contributed by atoms with E-state index in [2.05, 4.69) is 0 Å². The summed E-state index contributed by atoms with van der Waals surface area (Å²) in [4.78, 5) is 24.9. The van der Waals surface area contributed by atoms with Crippen molar-refractivity contribution in [3.63, 3.8) is 0 Å². The summed E-state index contributed by atoms with van der Waals surface area (Å²) in [5, 5.41) is 91.3. The van der Waals surface area contributed by atoms with Crippen molar-refractivity contribution in [2.24, 2.45) is 0 Å². The van der Waals surface area contributed by atoms with Crippen LogP contribution in [0.15, 0.2) is 63.8 Å². The predicted molar refractivity (Wildman–Crippen MR) is 152 cm³/mol. The summed E-state index contributed by atoms with van der Waals surface area (Å²) in [5.41, 5.74) is -1.10. The first-order valence-electron chi connectivity index (χ1n) is 13.1. The van der Waals surface area contributed by atoms with Gasteiger partial charge in [-0.15, -0.1) is 0 Å². The van der Waals surface area contributed by atoms with Crippen molar-refractivity contribution in [1.82, 2.24) is 0 Å². The van der Waals surface area contributed by atoms with Gasteiger partial charge in [0, 0.05) is 23.8 Å². The molecule has 4 aromatic rings. The molecule has 1 aromatic heterocycles. The topological polar surface area (TPSA) is 257 Å². The van der Waals surface area contributed by atoms with E-state index in [0.717, 1.165) is 30.3 Å². The summed E-state index contributed by atoms with van der Waals surface area (Å²) >= 11 is 0. The molecule has 0 saturated carbocycles. The number of hydrogen-bond acceptors (Lipinski definition) is 15. The lowest BCUT2D eigenvalue weighted by molar-refractivity contribution is -0.278. The molecule has 0 bridgehead atoms. The number of carbonyl (C=O) groups excluding carboxylic acids is 1. The van der Waals surface area contributed by atoms with E-state index in [1.807, 2.05) is 0 Å². The van der Waals surface area contributed by atoms with Crippen LogP contribution in [-0.4, -0.2) is 89.2 Å². The quantitative estimate of drug-likeness (QED) is 0.0791. The van der Waals surface area contributed by atoms with Gasteiger partial charge in [-0.05, 0) is 35.9 Å². The van der Waals surface area contributed by atoms with Gasteiger partial charge in [0.05, 0.1) is 0 Å². The van der Waals surface area contributed by atoms with Gasteiger partial charge in [-0.1, -0.05) is 12.1 Å². The number of carbonyl (C=O) groups is 1. The second kappa shape index (κ2) is 12.3. The molecular formula is C30H26O15. The highest BCUT2D eigenvalue weighted by atomic mass is 16.7. The standard InChI is InChI=1S/C30H26O15/c31-14-4-1-12(2-5-14)3-6-21(35)42-11-20-24(37)26(39)28(41)30(45-20)44-19-8-13(7-17(34)23(19)36)29-27(40)25(38)22-16(33)9-15(32)10-18(22)43-29/h1-10,20,24,26,28,30-34,36-37,39-41H,11H2/b6-3+/t20?,24-,26+,28?,30-/m1/s1. The van der Waals surface area contributed by atoms with E-state index in [9.17, 15) is 55.5 Å². The third-order valence-corrected chi connectivity index (χ3v) is 6.86. The van der Waals surface area contributed by atoms with Crippen molar-refractivity contribution < 1.29 is 69.4 Å². The van der Waals surface area contributed by atoms with E-state index in [-0.39, 0.29) is 16.9 Å². The highest BCUT2D eigenvalue weighted by Gasteiger charge is 2.46. The van der Waals surface area contributed by atoms with Gasteiger partial charge >= 0.3 is 5.97 Å². The number of aliphatic hydroxyl groups is 3. The number of aromatic hydroxyl groups is 6. The molecule has 2 unspecified atom stereocenters. The van der Waals surface area contributed by atoms with E-state index in [1.165, 1.54) is 18.2 Å². The van der Waals surface area contributed by atoms with E-state index in [1.54, 1.807) is 12.1 Å². The first kappa shape index (κ1) is 31.0. The molecule has 45 heavy (non-hydrogen) atoms. The molecule has 0 aliphatic carbocycles. The molecule has 1 saturated heterocycles. The SMILES string of the molecule is O=C(/C=C/c1ccc(O)cc1)OCC1O[C@@H](Oc2cc(-c3oc4cc(O)cc(O)c4c(=O)c3O)cc(O)c2O)C(O)[C@@H](O)[C@@H]1O. The maximum Gasteiger partial charge on any atom is 0.330 e. The molecule has 0 spiro atoms. The Morgan fingerprint density at radius 3 is 2.24 bits per heavy atom. The summed E-state index contributed by atoms with van der Waals surface area (Å²) in [6.45, 7) is -0.614. The number of ether oxygens (including phenoxy) is 3. The Kier molecular flexibility index (Phi) is 8.43. The van der Waals surface area contributed by atoms with Crippen LogP contribution in [0.4, 0.5) is 0 Å². The van der Waals surface area contributed by atoms with Gasteiger partial charge in [0.2, 0.25) is 23.2 Å². The summed E-state index contributed by atoms with van der Waals surface area (Å²) in [7, 11) is 0. The molecule has 1 fully saturated rings. The van der Waals surface area contributed by atoms with Crippen LogP contribution in [0.1, 0.15) is 5.56 Å². The van der Waals surface area contributed by atoms with E-state index in [0.29, 0.717) is 5.56 Å². The van der Waals surface area contributed by atoms with Crippen LogP contribution in [0.2, 0.25) is 0 Å². The monoisotopic (exact) mass is 626 g/mol. The summed E-state index contributed by atoms with van der Waals surface area (Å²) in [6.07, 6.45) is -6.37. The predicted octanol–water partition coefficient (Wildman–Crippen LogP) is 1.14. The van der Waals surface area contributed by atoms with E-state index >= 15 is 0 Å². The fraction of sp³-hybridized carbons (Fsp3) is 0.200. The number of hydrogen-bond donors (Lipinski definition) is 9. The minimum Gasteiger partial charge on any atom is -0.508 e. The lowest BCUT2D eigenvalue weighted by atomic mass is 9.99. The third-order valence-electron chi connectivity index (χ3n) is 6.86. The van der Waals surface area contributed by atoms with Crippen LogP contribution in [0.3, 0.4) is 0 Å². The van der Waals surface area contributed by atoms with Gasteiger partial charge in [-0.25, -0.2) is 4.79 Å². The largest absolute Gasteiger partial charge is 0.508 e. The molecule has 9 N–H and O–H groups in total. The summed E-state index contributed by atoms with van der Waals surface area (Å²) < 4.78 is 21.6. The fourth-order valence-electron chi connectivity index (χ4n) is 4.52. The number of phenols is 5. The number of esters is 1. The normalized spacial score (nSPS) is 21.6. The van der Waals surface area contributed by atoms with Gasteiger partial charge in [0.25, 0.3) is 0 Å². The second-order valence-electron chi connectivity index (χ2n) is 9.98. The number of benzene rings is 3. The second-order valence-corrected chi connectivity index (χ2v) is 9.98. The van der Waals surface area contributed by atoms with E-state index < -0.39 is 94.4 Å². The van der Waals surface area contributed by atoms with Crippen LogP contribution < -0.4 is 10.2 Å². The Bertz CT molecular complexity index is 1830. The molecule has 3 aromatic carbocycles. The van der Waals surface area contributed by atoms with Crippen molar-refractivity contribution in [3.05, 3.63) is 70.4 Å². The highest BCUT2D eigenvalue weighted by Crippen LogP contribution is 2.43. The van der Waals surface area contributed by atoms with Crippen LogP contribution in [-0.2, 0) is 14.3 Å². The molecule has 0 radical (unpaired) electrons. The lowest BCUT2D eigenvalue weighted by Crippen LogP contribution is -2.60. The molecule has 0 amide bonds. The molecule has 15 heteroatoms. The molecule has 236 valence electrons. The van der Waals surface area contributed by atoms with Crippen molar-refractivity contribution in [2.75, 3.05) is 6.61 Å². The third kappa shape index (κ3) is 6.27. The Morgan fingerprint density at radius 2 is 1.53 bits per heavy atom. The van der Waals surface area contributed by atoms with E-state index in [4.69, 9.17) is 18.6 Å². The molecule has 1 aliphatic rings. The van der Waals surface area contributed by atoms with Crippen LogP contribution >= 0.6 is 0 Å². The Hall–Kier alpha value is -5.48. The zero-order valence-electron chi connectivity index (χ0n) is 22.8. The number of phenolic OH excluding ortho intramolecular Hbond substituents is 5. The van der Waals surface area contributed by atoms with Gasteiger partial charge in [-0.2, -0.15) is 0 Å². The average molecular weight is 627 g/mol. The molecule has 1 aliphatic heterocycles. The lowest BCUT2D eigenvalue weighted by Gasteiger charge is -2.39. The Labute approximate surface area is 251 Å². The molecule has 5 atom stereocenters. The van der Waals surface area contributed by atoms with Gasteiger partial charge in [0.15, 0.2) is 17.3 Å². The van der Waals surface area contributed by atoms with Crippen molar-refractivity contribution >= 4 is 23.0 Å². The minimum atomic E-state index is -1.93. The van der Waals surface area contributed by atoms with Crippen molar-refractivity contribution in [1.29, 1.82) is 0 Å². The molecular weight excluding hydrogens is 600 g/mol. The first-order chi connectivity index (χ1) is 21.3. The minimum absolute atomic E-state index is 0.0339. The smallest absolute Gasteiger partial charge is 0.330 e. The van der Waals surface area contributed by atoms with Crippen LogP contribution in [0.5, 0.6) is 40.2 Å². The zero-order valence-corrected chi connectivity index (χ0v) is 22.8. The van der Waals surface area contributed by atoms with Gasteiger partial charge in [-0.3, -0.25) is 4.79 Å². The molecule has 15 nitrogen and oxygen atoms in total. The number of fused-ring (bicyclic) bond motifs is 1. The summed E-state index contributed by atoms with van der Waals surface area (Å²) in [6, 6.07) is 9.62. The Morgan fingerprint density at radius 1 is 0.822 bits per heavy atom. The van der Waals surface area contributed by atoms with Crippen molar-refractivity contribution in [2.45, 2.75) is 30.7 Å². The molecule has 2 heterocycles. The maximum absolute atomic E-state index is 12.7. The van der Waals surface area contributed by atoms with Gasteiger partial charge in [0.1, 0.15) is 59.2 Å². The highest BCUT2D eigenvalue weighted by molar-refractivity contribution is 5.88. The Balaban J connectivity index is 1.37.